The van der Waals surface area contributed by atoms with Gasteiger partial charge in [0.25, 0.3) is 11.8 Å². The molecule has 1 atom stereocenters. The van der Waals surface area contributed by atoms with Crippen molar-refractivity contribution in [3.63, 3.8) is 0 Å². The molecule has 1 N–H and O–H groups in total. The predicted octanol–water partition coefficient (Wildman–Crippen LogP) is 3.44. The minimum Gasteiger partial charge on any atom is -0.481 e. The van der Waals surface area contributed by atoms with Gasteiger partial charge >= 0.3 is 0 Å². The lowest BCUT2D eigenvalue weighted by Crippen LogP contribution is -2.41. The molecule has 1 heterocycles. The van der Waals surface area contributed by atoms with Gasteiger partial charge in [-0.3, -0.25) is 9.59 Å². The van der Waals surface area contributed by atoms with Crippen molar-refractivity contribution in [1.82, 2.24) is 4.90 Å². The molecule has 0 bridgehead atoms. The molecule has 0 spiro atoms. The highest BCUT2D eigenvalue weighted by molar-refractivity contribution is 6.04. The first kappa shape index (κ1) is 20.4. The van der Waals surface area contributed by atoms with Crippen LogP contribution in [-0.2, 0) is 22.4 Å². The molecule has 2 aliphatic rings. The van der Waals surface area contributed by atoms with E-state index in [0.29, 0.717) is 43.3 Å². The molecular formula is C24H28N2O4. The van der Waals surface area contributed by atoms with Crippen molar-refractivity contribution < 1.29 is 19.1 Å². The second kappa shape index (κ2) is 9.30. The van der Waals surface area contributed by atoms with E-state index in [-0.39, 0.29) is 11.8 Å². The van der Waals surface area contributed by atoms with Crippen molar-refractivity contribution >= 4 is 17.5 Å². The third kappa shape index (κ3) is 4.65. The van der Waals surface area contributed by atoms with Crippen LogP contribution < -0.4 is 10.1 Å². The topological polar surface area (TPSA) is 67.9 Å². The van der Waals surface area contributed by atoms with Crippen LogP contribution in [0.25, 0.3) is 0 Å². The molecule has 1 saturated heterocycles. The number of anilines is 1. The lowest BCUT2D eigenvalue weighted by atomic mass is 9.92. The van der Waals surface area contributed by atoms with Gasteiger partial charge in [-0.1, -0.05) is 18.2 Å². The number of morpholine rings is 1. The molecule has 6 nitrogen and oxygen atoms in total. The number of nitrogens with one attached hydrogen (secondary N) is 1. The second-order valence-electron chi connectivity index (χ2n) is 7.84. The predicted molar refractivity (Wildman–Crippen MR) is 115 cm³/mol. The Morgan fingerprint density at radius 3 is 2.57 bits per heavy atom. The standard InChI is InChI=1S/C24H28N2O4/c1-17(30-20-11-10-18-6-2-3-7-19(18)16-20)23(27)25-22-9-5-4-8-21(22)24(28)26-12-14-29-15-13-26/h4-5,8-11,16-17H,2-3,6-7,12-15H2,1H3,(H,25,27)/t17-/m0/s1. The number of fused-ring (bicyclic) bond motifs is 1. The maximum atomic E-state index is 12.9. The van der Waals surface area contributed by atoms with Crippen molar-refractivity contribution in [2.45, 2.75) is 38.7 Å². The van der Waals surface area contributed by atoms with E-state index in [0.717, 1.165) is 12.8 Å². The zero-order chi connectivity index (χ0) is 20.9. The van der Waals surface area contributed by atoms with Crippen molar-refractivity contribution in [3.05, 3.63) is 59.2 Å². The van der Waals surface area contributed by atoms with Crippen LogP contribution >= 0.6 is 0 Å². The van der Waals surface area contributed by atoms with E-state index in [9.17, 15) is 9.59 Å². The molecule has 2 aromatic carbocycles. The summed E-state index contributed by atoms with van der Waals surface area (Å²) in [6, 6.07) is 13.2. The first-order chi connectivity index (χ1) is 14.6. The molecule has 0 saturated carbocycles. The maximum Gasteiger partial charge on any atom is 0.265 e. The van der Waals surface area contributed by atoms with Gasteiger partial charge in [-0.05, 0) is 68.0 Å². The summed E-state index contributed by atoms with van der Waals surface area (Å²) in [5.74, 6) is 0.323. The first-order valence-electron chi connectivity index (χ1n) is 10.7. The van der Waals surface area contributed by atoms with Gasteiger partial charge in [-0.15, -0.1) is 0 Å². The zero-order valence-electron chi connectivity index (χ0n) is 17.4. The van der Waals surface area contributed by atoms with Gasteiger partial charge < -0.3 is 19.7 Å². The summed E-state index contributed by atoms with van der Waals surface area (Å²) in [6.45, 7) is 3.90. The van der Waals surface area contributed by atoms with Crippen LogP contribution in [0.1, 0.15) is 41.3 Å². The number of para-hydroxylation sites is 1. The second-order valence-corrected chi connectivity index (χ2v) is 7.84. The Balaban J connectivity index is 1.43. The van der Waals surface area contributed by atoms with Gasteiger partial charge in [-0.25, -0.2) is 0 Å². The number of benzene rings is 2. The first-order valence-corrected chi connectivity index (χ1v) is 10.7. The highest BCUT2D eigenvalue weighted by Crippen LogP contribution is 2.26. The Hall–Kier alpha value is -2.86. The normalized spacial score (nSPS) is 17.0. The number of carbonyl (C=O) groups excluding carboxylic acids is 2. The SMILES string of the molecule is C[C@H](Oc1ccc2c(c1)CCCC2)C(=O)Nc1ccccc1C(=O)N1CCOCC1. The van der Waals surface area contributed by atoms with Gasteiger partial charge in [0.15, 0.2) is 6.10 Å². The molecule has 0 unspecified atom stereocenters. The van der Waals surface area contributed by atoms with E-state index in [1.807, 2.05) is 12.1 Å². The maximum absolute atomic E-state index is 12.9. The molecule has 1 aliphatic carbocycles. The lowest BCUT2D eigenvalue weighted by Gasteiger charge is -2.27. The number of amides is 2. The lowest BCUT2D eigenvalue weighted by molar-refractivity contribution is -0.122. The van der Waals surface area contributed by atoms with E-state index < -0.39 is 6.10 Å². The third-order valence-corrected chi connectivity index (χ3v) is 5.72. The average Bonchev–Trinajstić information content (AvgIpc) is 2.79. The Kier molecular flexibility index (Phi) is 6.33. The van der Waals surface area contributed by atoms with Crippen LogP contribution in [0.2, 0.25) is 0 Å². The smallest absolute Gasteiger partial charge is 0.265 e. The summed E-state index contributed by atoms with van der Waals surface area (Å²) >= 11 is 0. The summed E-state index contributed by atoms with van der Waals surface area (Å²) in [5, 5.41) is 2.87. The summed E-state index contributed by atoms with van der Waals surface area (Å²) in [5.41, 5.74) is 3.67. The van der Waals surface area contributed by atoms with Crippen molar-refractivity contribution in [1.29, 1.82) is 0 Å². The van der Waals surface area contributed by atoms with Crippen LogP contribution in [-0.4, -0.2) is 49.1 Å². The van der Waals surface area contributed by atoms with Gasteiger partial charge in [0.2, 0.25) is 0 Å². The van der Waals surface area contributed by atoms with Crippen LogP contribution in [0, 0.1) is 0 Å². The van der Waals surface area contributed by atoms with Crippen LogP contribution in [0.15, 0.2) is 42.5 Å². The van der Waals surface area contributed by atoms with Crippen LogP contribution in [0.5, 0.6) is 5.75 Å². The van der Waals surface area contributed by atoms with Crippen LogP contribution in [0.3, 0.4) is 0 Å². The summed E-state index contributed by atoms with van der Waals surface area (Å²) in [7, 11) is 0. The number of rotatable bonds is 5. The number of hydrogen-bond donors (Lipinski definition) is 1. The van der Waals surface area contributed by atoms with E-state index in [2.05, 4.69) is 11.4 Å². The fraction of sp³-hybridized carbons (Fsp3) is 0.417. The fourth-order valence-corrected chi connectivity index (χ4v) is 3.99. The van der Waals surface area contributed by atoms with E-state index in [1.54, 1.807) is 36.1 Å². The Morgan fingerprint density at radius 2 is 1.77 bits per heavy atom. The molecule has 158 valence electrons. The monoisotopic (exact) mass is 408 g/mol. The minimum atomic E-state index is -0.682. The molecule has 2 aromatic rings. The van der Waals surface area contributed by atoms with Crippen molar-refractivity contribution in [3.8, 4) is 5.75 Å². The molecule has 0 radical (unpaired) electrons. The van der Waals surface area contributed by atoms with Gasteiger partial charge in [0.1, 0.15) is 5.75 Å². The number of ether oxygens (including phenoxy) is 2. The fourth-order valence-electron chi connectivity index (χ4n) is 3.99. The van der Waals surface area contributed by atoms with Crippen molar-refractivity contribution in [2.24, 2.45) is 0 Å². The average molecular weight is 408 g/mol. The van der Waals surface area contributed by atoms with Crippen LogP contribution in [0.4, 0.5) is 5.69 Å². The number of nitrogens with zero attached hydrogens (tertiary/aromatic N) is 1. The van der Waals surface area contributed by atoms with Crippen molar-refractivity contribution in [2.75, 3.05) is 31.6 Å². The summed E-state index contributed by atoms with van der Waals surface area (Å²) in [4.78, 5) is 27.4. The van der Waals surface area contributed by atoms with Gasteiger partial charge in [-0.2, -0.15) is 0 Å². The van der Waals surface area contributed by atoms with E-state index >= 15 is 0 Å². The number of carbonyl (C=O) groups is 2. The van der Waals surface area contributed by atoms with E-state index in [1.165, 1.54) is 24.0 Å². The zero-order valence-corrected chi connectivity index (χ0v) is 17.4. The Bertz CT molecular complexity index is 921. The highest BCUT2D eigenvalue weighted by atomic mass is 16.5. The molecular weight excluding hydrogens is 380 g/mol. The quantitative estimate of drug-likeness (QED) is 0.823. The van der Waals surface area contributed by atoms with Gasteiger partial charge in [0, 0.05) is 13.1 Å². The molecule has 6 heteroatoms. The molecule has 1 aliphatic heterocycles. The highest BCUT2D eigenvalue weighted by Gasteiger charge is 2.23. The van der Waals surface area contributed by atoms with E-state index in [4.69, 9.17) is 9.47 Å². The minimum absolute atomic E-state index is 0.0996. The molecule has 0 aromatic heterocycles. The molecule has 4 rings (SSSR count). The van der Waals surface area contributed by atoms with Gasteiger partial charge in [0.05, 0.1) is 24.5 Å². The number of hydrogen-bond acceptors (Lipinski definition) is 4. The Morgan fingerprint density at radius 1 is 1.03 bits per heavy atom. The summed E-state index contributed by atoms with van der Waals surface area (Å²) < 4.78 is 11.2. The summed E-state index contributed by atoms with van der Waals surface area (Å²) in [6.07, 6.45) is 3.91. The largest absolute Gasteiger partial charge is 0.481 e. The molecule has 30 heavy (non-hydrogen) atoms. The Labute approximate surface area is 177 Å². The molecule has 2 amide bonds. The third-order valence-electron chi connectivity index (χ3n) is 5.72. The molecule has 1 fully saturated rings. The number of aryl methyl sites for hydroxylation is 2.